The first-order valence-electron chi connectivity index (χ1n) is 8.35. The number of hydrogen-bond donors (Lipinski definition) is 0. The lowest BCUT2D eigenvalue weighted by molar-refractivity contribution is -0.134. The van der Waals surface area contributed by atoms with E-state index in [2.05, 4.69) is 5.16 Å². The molecule has 1 rings (SSSR count). The molecule has 150 valence electrons. The number of ketones is 1. The molecule has 0 aromatic carbocycles. The molecule has 0 aliphatic rings. The number of aromatic nitrogens is 1. The maximum Gasteiger partial charge on any atom is 0.389 e. The van der Waals surface area contributed by atoms with Crippen molar-refractivity contribution >= 4 is 15.6 Å². The Labute approximate surface area is 152 Å². The average molecular weight is 397 g/mol. The molecule has 0 amide bonds. The van der Waals surface area contributed by atoms with Crippen LogP contribution in [0, 0.1) is 0 Å². The number of nitrogens with zero attached hydrogens (tertiary/aromatic N) is 1. The zero-order valence-corrected chi connectivity index (χ0v) is 16.6. The van der Waals surface area contributed by atoms with Crippen LogP contribution in [0.2, 0.25) is 0 Å². The molecule has 5 nitrogen and oxygen atoms in total. The van der Waals surface area contributed by atoms with Gasteiger partial charge < -0.3 is 4.52 Å². The summed E-state index contributed by atoms with van der Waals surface area (Å²) in [5, 5.41) is 3.84. The molecule has 0 bridgehead atoms. The van der Waals surface area contributed by atoms with Crippen LogP contribution >= 0.6 is 0 Å². The Morgan fingerprint density at radius 1 is 1.12 bits per heavy atom. The lowest BCUT2D eigenvalue weighted by atomic mass is 9.92. The third kappa shape index (κ3) is 6.41. The largest absolute Gasteiger partial charge is 0.389 e. The lowest BCUT2D eigenvalue weighted by Gasteiger charge is -2.24. The quantitative estimate of drug-likeness (QED) is 0.605. The van der Waals surface area contributed by atoms with Crippen LogP contribution in [0.15, 0.2) is 10.6 Å². The van der Waals surface area contributed by atoms with E-state index in [1.54, 1.807) is 0 Å². The smallest absolute Gasteiger partial charge is 0.353 e. The topological polar surface area (TPSA) is 77.2 Å². The number of rotatable bonds is 8. The highest BCUT2D eigenvalue weighted by molar-refractivity contribution is 7.92. The number of hydrogen-bond acceptors (Lipinski definition) is 5. The predicted octanol–water partition coefficient (Wildman–Crippen LogP) is 4.47. The molecular formula is C17H26F3NO4S. The van der Waals surface area contributed by atoms with Crippen LogP contribution in [0.3, 0.4) is 0 Å². The average Bonchev–Trinajstić information content (AvgIpc) is 2.92. The van der Waals surface area contributed by atoms with Gasteiger partial charge in [0.1, 0.15) is 0 Å². The Balaban J connectivity index is 2.68. The normalized spacial score (nSPS) is 13.8. The van der Waals surface area contributed by atoms with Crippen LogP contribution in [0.5, 0.6) is 0 Å². The molecule has 26 heavy (non-hydrogen) atoms. The molecule has 0 N–H and O–H groups in total. The zero-order chi connectivity index (χ0) is 20.4. The van der Waals surface area contributed by atoms with Crippen molar-refractivity contribution in [1.82, 2.24) is 5.16 Å². The molecule has 0 saturated carbocycles. The maximum atomic E-state index is 12.3. The highest BCUT2D eigenvalue weighted by Crippen LogP contribution is 2.28. The van der Waals surface area contributed by atoms with Gasteiger partial charge in [-0.3, -0.25) is 4.79 Å². The second-order valence-electron chi connectivity index (χ2n) is 8.05. The van der Waals surface area contributed by atoms with Gasteiger partial charge in [0.05, 0.1) is 16.2 Å². The summed E-state index contributed by atoms with van der Waals surface area (Å²) in [5.41, 5.74) is 0.322. The summed E-state index contributed by atoms with van der Waals surface area (Å²) < 4.78 is 64.9. The van der Waals surface area contributed by atoms with Crippen LogP contribution in [-0.2, 0) is 15.3 Å². The standard InChI is InChI=1S/C17H26F3NO4S/c1-15(2,3)14-11-13(25-21-14)12(22)7-9-16(4,5)26(23,24)10-6-8-17(18,19)20/h11H,6-10H2,1-5H3. The van der Waals surface area contributed by atoms with Gasteiger partial charge in [-0.2, -0.15) is 13.2 Å². The second-order valence-corrected chi connectivity index (χ2v) is 10.8. The fourth-order valence-corrected chi connectivity index (χ4v) is 3.68. The minimum Gasteiger partial charge on any atom is -0.353 e. The lowest BCUT2D eigenvalue weighted by Crippen LogP contribution is -2.35. The Morgan fingerprint density at radius 2 is 1.69 bits per heavy atom. The Kier molecular flexibility index (Phi) is 6.71. The molecule has 0 unspecified atom stereocenters. The molecule has 0 aliphatic carbocycles. The highest BCUT2D eigenvalue weighted by atomic mass is 32.2. The van der Waals surface area contributed by atoms with Crippen molar-refractivity contribution in [1.29, 1.82) is 0 Å². The van der Waals surface area contributed by atoms with Gasteiger partial charge in [0, 0.05) is 24.3 Å². The van der Waals surface area contributed by atoms with E-state index in [0.29, 0.717) is 5.69 Å². The summed E-state index contributed by atoms with van der Waals surface area (Å²) in [4.78, 5) is 12.2. The summed E-state index contributed by atoms with van der Waals surface area (Å²) in [7, 11) is -3.78. The monoisotopic (exact) mass is 397 g/mol. The van der Waals surface area contributed by atoms with E-state index in [9.17, 15) is 26.4 Å². The van der Waals surface area contributed by atoms with Crippen molar-refractivity contribution in [3.05, 3.63) is 17.5 Å². The second kappa shape index (κ2) is 7.70. The Hall–Kier alpha value is -1.38. The number of alkyl halides is 3. The third-order valence-corrected chi connectivity index (χ3v) is 6.94. The molecule has 0 spiro atoms. The third-order valence-electron chi connectivity index (χ3n) is 4.22. The van der Waals surface area contributed by atoms with Crippen molar-refractivity contribution in [3.63, 3.8) is 0 Å². The van der Waals surface area contributed by atoms with Gasteiger partial charge in [0.15, 0.2) is 9.84 Å². The fraction of sp³-hybridized carbons (Fsp3) is 0.765. The van der Waals surface area contributed by atoms with E-state index in [0.717, 1.165) is 0 Å². The first-order valence-corrected chi connectivity index (χ1v) is 10.00. The molecule has 1 heterocycles. The van der Waals surface area contributed by atoms with Gasteiger partial charge in [-0.15, -0.1) is 0 Å². The molecular weight excluding hydrogens is 371 g/mol. The Morgan fingerprint density at radius 3 is 2.15 bits per heavy atom. The highest BCUT2D eigenvalue weighted by Gasteiger charge is 2.36. The van der Waals surface area contributed by atoms with Crippen molar-refractivity contribution in [3.8, 4) is 0 Å². The first kappa shape index (κ1) is 22.7. The van der Waals surface area contributed by atoms with E-state index in [-0.39, 0.29) is 29.8 Å². The summed E-state index contributed by atoms with van der Waals surface area (Å²) in [6, 6.07) is 1.53. The van der Waals surface area contributed by atoms with Gasteiger partial charge in [-0.1, -0.05) is 25.9 Å². The van der Waals surface area contributed by atoms with E-state index in [4.69, 9.17) is 4.52 Å². The minimum atomic E-state index is -4.38. The van der Waals surface area contributed by atoms with Crippen molar-refractivity contribution < 1.29 is 30.9 Å². The van der Waals surface area contributed by atoms with E-state index < -0.39 is 39.4 Å². The van der Waals surface area contributed by atoms with Crippen molar-refractivity contribution in [2.45, 2.75) is 76.6 Å². The van der Waals surface area contributed by atoms with Gasteiger partial charge >= 0.3 is 6.18 Å². The zero-order valence-electron chi connectivity index (χ0n) is 15.7. The molecule has 1 aromatic heterocycles. The van der Waals surface area contributed by atoms with Gasteiger partial charge in [-0.25, -0.2) is 8.42 Å². The van der Waals surface area contributed by atoms with Crippen LogP contribution in [0.1, 0.15) is 76.6 Å². The van der Waals surface area contributed by atoms with Gasteiger partial charge in [-0.05, 0) is 26.7 Å². The molecule has 1 aromatic rings. The number of sulfone groups is 1. The van der Waals surface area contributed by atoms with Crippen molar-refractivity contribution in [2.75, 3.05) is 5.75 Å². The van der Waals surface area contributed by atoms with Crippen molar-refractivity contribution in [2.24, 2.45) is 0 Å². The predicted molar refractivity (Wildman–Crippen MR) is 91.9 cm³/mol. The van der Waals surface area contributed by atoms with E-state index >= 15 is 0 Å². The number of carbonyl (C=O) groups is 1. The molecule has 9 heteroatoms. The Bertz CT molecular complexity index is 728. The molecule has 0 aliphatic heterocycles. The summed E-state index contributed by atoms with van der Waals surface area (Å²) >= 11 is 0. The van der Waals surface area contributed by atoms with Crippen LogP contribution in [0.4, 0.5) is 13.2 Å². The molecule has 0 atom stereocenters. The first-order chi connectivity index (χ1) is 11.6. The number of carbonyl (C=O) groups excluding carboxylic acids is 1. The van der Waals surface area contributed by atoms with Crippen LogP contribution < -0.4 is 0 Å². The van der Waals surface area contributed by atoms with Crippen LogP contribution in [-0.4, -0.2) is 36.0 Å². The SMILES string of the molecule is CC(C)(C)c1cc(C(=O)CCC(C)(C)S(=O)(=O)CCCC(F)(F)F)on1. The molecule has 0 radical (unpaired) electrons. The van der Waals surface area contributed by atoms with Gasteiger partial charge in [0.2, 0.25) is 11.5 Å². The summed E-state index contributed by atoms with van der Waals surface area (Å²) in [6.45, 7) is 8.58. The van der Waals surface area contributed by atoms with Crippen LogP contribution in [0.25, 0.3) is 0 Å². The summed E-state index contributed by atoms with van der Waals surface area (Å²) in [5.74, 6) is -0.892. The number of Topliss-reactive ketones (excluding diaryl/α,β-unsaturated/α-hetero) is 1. The molecule has 0 saturated heterocycles. The number of halogens is 3. The van der Waals surface area contributed by atoms with E-state index in [1.165, 1.54) is 19.9 Å². The minimum absolute atomic E-state index is 0.00820. The maximum absolute atomic E-state index is 12.3. The fourth-order valence-electron chi connectivity index (χ4n) is 2.19. The summed E-state index contributed by atoms with van der Waals surface area (Å²) in [6.07, 6.45) is -6.11. The molecule has 0 fully saturated rings. The van der Waals surface area contributed by atoms with Gasteiger partial charge in [0.25, 0.3) is 0 Å². The van der Waals surface area contributed by atoms with E-state index in [1.807, 2.05) is 20.8 Å².